The summed E-state index contributed by atoms with van der Waals surface area (Å²) in [5, 5.41) is 0. The summed E-state index contributed by atoms with van der Waals surface area (Å²) in [7, 11) is -2.03. The van der Waals surface area contributed by atoms with Crippen LogP contribution in [0, 0.1) is 0 Å². The van der Waals surface area contributed by atoms with Gasteiger partial charge < -0.3 is 13.6 Å². The fourth-order valence-electron chi connectivity index (χ4n) is 1.57. The highest BCUT2D eigenvalue weighted by Crippen LogP contribution is 2.18. The molecule has 16 heavy (non-hydrogen) atoms. The highest BCUT2D eigenvalue weighted by atomic mass is 28.4. The molecular formula is C12H26O3Si. The maximum Gasteiger partial charge on any atom is 0.337 e. The van der Waals surface area contributed by atoms with E-state index < -0.39 is 8.56 Å². The number of hydrogen-bond donors (Lipinski definition) is 0. The van der Waals surface area contributed by atoms with E-state index in [1.54, 1.807) is 6.26 Å². The smallest absolute Gasteiger partial charge is 0.337 e. The lowest BCUT2D eigenvalue weighted by Crippen LogP contribution is -2.41. The zero-order valence-electron chi connectivity index (χ0n) is 11.3. The first kappa shape index (κ1) is 15.7. The molecule has 0 bridgehead atoms. The van der Waals surface area contributed by atoms with Crippen LogP contribution in [-0.2, 0) is 13.6 Å². The van der Waals surface area contributed by atoms with Gasteiger partial charge in [0.05, 0.1) is 6.26 Å². The van der Waals surface area contributed by atoms with E-state index in [4.69, 9.17) is 13.6 Å². The predicted octanol–water partition coefficient (Wildman–Crippen LogP) is 3.81. The second kappa shape index (κ2) is 8.79. The van der Waals surface area contributed by atoms with E-state index in [1.165, 1.54) is 0 Å². The zero-order valence-corrected chi connectivity index (χ0v) is 12.3. The molecule has 4 heteroatoms. The van der Waals surface area contributed by atoms with Crippen LogP contribution >= 0.6 is 0 Å². The van der Waals surface area contributed by atoms with Gasteiger partial charge in [-0.2, -0.15) is 0 Å². The fraction of sp³-hybridized carbons (Fsp3) is 0.833. The van der Waals surface area contributed by atoms with E-state index in [1.807, 2.05) is 19.9 Å². The van der Waals surface area contributed by atoms with Crippen molar-refractivity contribution in [1.82, 2.24) is 0 Å². The van der Waals surface area contributed by atoms with Gasteiger partial charge in [0.1, 0.15) is 0 Å². The van der Waals surface area contributed by atoms with Gasteiger partial charge >= 0.3 is 8.56 Å². The standard InChI is InChI=1S/C12H26O3Si/c1-6-9-10-13-12(4)15-16(5,11-7-2)14-8-3/h9-10,12H,6-8,11H2,1-5H3. The predicted molar refractivity (Wildman–Crippen MR) is 69.4 cm³/mol. The van der Waals surface area contributed by atoms with Crippen LogP contribution < -0.4 is 0 Å². The van der Waals surface area contributed by atoms with E-state index in [-0.39, 0.29) is 6.29 Å². The van der Waals surface area contributed by atoms with Crippen molar-refractivity contribution in [2.75, 3.05) is 6.61 Å². The molecule has 2 unspecified atom stereocenters. The summed E-state index contributed by atoms with van der Waals surface area (Å²) in [4.78, 5) is 0. The molecule has 0 fully saturated rings. The average Bonchev–Trinajstić information content (AvgIpc) is 2.18. The monoisotopic (exact) mass is 246 g/mol. The molecule has 0 radical (unpaired) electrons. The molecule has 0 spiro atoms. The van der Waals surface area contributed by atoms with Gasteiger partial charge in [0, 0.05) is 6.61 Å². The van der Waals surface area contributed by atoms with Gasteiger partial charge in [-0.25, -0.2) is 0 Å². The minimum Gasteiger partial charge on any atom is -0.474 e. The minimum absolute atomic E-state index is 0.224. The summed E-state index contributed by atoms with van der Waals surface area (Å²) in [5.74, 6) is 0. The van der Waals surface area contributed by atoms with Crippen LogP contribution in [0.25, 0.3) is 0 Å². The van der Waals surface area contributed by atoms with Crippen molar-refractivity contribution in [2.45, 2.75) is 59.4 Å². The molecule has 0 N–H and O–H groups in total. The molecule has 0 saturated carbocycles. The van der Waals surface area contributed by atoms with Crippen LogP contribution in [0.1, 0.15) is 40.5 Å². The molecule has 0 saturated heterocycles. The van der Waals surface area contributed by atoms with Crippen LogP contribution in [0.3, 0.4) is 0 Å². The number of ether oxygens (including phenoxy) is 1. The lowest BCUT2D eigenvalue weighted by molar-refractivity contribution is -0.0408. The van der Waals surface area contributed by atoms with Crippen molar-refractivity contribution >= 4 is 8.56 Å². The van der Waals surface area contributed by atoms with Gasteiger partial charge in [0.25, 0.3) is 0 Å². The molecule has 0 rings (SSSR count). The third-order valence-electron chi connectivity index (χ3n) is 2.17. The molecule has 0 amide bonds. The van der Waals surface area contributed by atoms with Crippen molar-refractivity contribution in [3.05, 3.63) is 12.3 Å². The summed E-state index contributed by atoms with van der Waals surface area (Å²) in [6.07, 6.45) is 5.51. The summed E-state index contributed by atoms with van der Waals surface area (Å²) >= 11 is 0. The van der Waals surface area contributed by atoms with Gasteiger partial charge in [-0.3, -0.25) is 0 Å². The van der Waals surface area contributed by atoms with Crippen molar-refractivity contribution in [2.24, 2.45) is 0 Å². The topological polar surface area (TPSA) is 27.7 Å². The minimum atomic E-state index is -2.03. The Bertz CT molecular complexity index is 189. The summed E-state index contributed by atoms with van der Waals surface area (Å²) < 4.78 is 17.1. The molecule has 0 aromatic rings. The summed E-state index contributed by atoms with van der Waals surface area (Å²) in [6, 6.07) is 1.01. The average molecular weight is 246 g/mol. The van der Waals surface area contributed by atoms with Crippen molar-refractivity contribution in [3.8, 4) is 0 Å². The Morgan fingerprint density at radius 3 is 2.44 bits per heavy atom. The highest BCUT2D eigenvalue weighted by Gasteiger charge is 2.32. The first-order valence-electron chi connectivity index (χ1n) is 6.20. The first-order valence-corrected chi connectivity index (χ1v) is 8.72. The fourth-order valence-corrected chi connectivity index (χ4v) is 4.17. The molecule has 2 atom stereocenters. The van der Waals surface area contributed by atoms with E-state index in [2.05, 4.69) is 20.4 Å². The van der Waals surface area contributed by atoms with Gasteiger partial charge in [-0.05, 0) is 38.9 Å². The quantitative estimate of drug-likeness (QED) is 0.352. The van der Waals surface area contributed by atoms with Crippen LogP contribution in [0.2, 0.25) is 12.6 Å². The maximum absolute atomic E-state index is 5.91. The molecule has 0 aliphatic heterocycles. The molecule has 0 aromatic carbocycles. The molecular weight excluding hydrogens is 220 g/mol. The Balaban J connectivity index is 4.11. The number of rotatable bonds is 9. The Labute approximate surface area is 101 Å². The normalized spacial score (nSPS) is 17.3. The third-order valence-corrected chi connectivity index (χ3v) is 5.31. The van der Waals surface area contributed by atoms with Gasteiger partial charge in [-0.1, -0.05) is 20.3 Å². The van der Waals surface area contributed by atoms with E-state index in [0.717, 1.165) is 18.9 Å². The largest absolute Gasteiger partial charge is 0.474 e. The molecule has 3 nitrogen and oxygen atoms in total. The SMILES string of the molecule is CCC=COC(C)O[Si](C)(CCC)OCC. The van der Waals surface area contributed by atoms with Crippen molar-refractivity contribution in [3.63, 3.8) is 0 Å². The number of hydrogen-bond acceptors (Lipinski definition) is 3. The second-order valence-corrected chi connectivity index (χ2v) is 7.21. The second-order valence-electron chi connectivity index (χ2n) is 3.92. The van der Waals surface area contributed by atoms with E-state index in [0.29, 0.717) is 6.61 Å². The first-order chi connectivity index (χ1) is 7.58. The lowest BCUT2D eigenvalue weighted by Gasteiger charge is -2.29. The van der Waals surface area contributed by atoms with Gasteiger partial charge in [-0.15, -0.1) is 0 Å². The Hall–Kier alpha value is -0.323. The maximum atomic E-state index is 5.91. The van der Waals surface area contributed by atoms with Crippen LogP contribution in [-0.4, -0.2) is 21.5 Å². The zero-order chi connectivity index (χ0) is 12.4. The van der Waals surface area contributed by atoms with Crippen LogP contribution in [0.5, 0.6) is 0 Å². The van der Waals surface area contributed by atoms with Crippen LogP contribution in [0.15, 0.2) is 12.3 Å². The summed E-state index contributed by atoms with van der Waals surface area (Å²) in [6.45, 7) is 11.0. The van der Waals surface area contributed by atoms with E-state index >= 15 is 0 Å². The van der Waals surface area contributed by atoms with Crippen molar-refractivity contribution < 1.29 is 13.6 Å². The Kier molecular flexibility index (Phi) is 8.61. The number of allylic oxidation sites excluding steroid dienone is 1. The molecule has 0 heterocycles. The molecule has 96 valence electrons. The molecule has 0 aliphatic carbocycles. The summed E-state index contributed by atoms with van der Waals surface area (Å²) in [5.41, 5.74) is 0. The Morgan fingerprint density at radius 1 is 1.25 bits per heavy atom. The lowest BCUT2D eigenvalue weighted by atomic mass is 10.5. The Morgan fingerprint density at radius 2 is 1.94 bits per heavy atom. The third kappa shape index (κ3) is 7.03. The molecule has 0 aromatic heterocycles. The van der Waals surface area contributed by atoms with Crippen molar-refractivity contribution in [1.29, 1.82) is 0 Å². The highest BCUT2D eigenvalue weighted by molar-refractivity contribution is 6.66. The molecule has 0 aliphatic rings. The van der Waals surface area contributed by atoms with Gasteiger partial charge in [0.15, 0.2) is 6.29 Å². The van der Waals surface area contributed by atoms with Gasteiger partial charge in [0.2, 0.25) is 0 Å². The van der Waals surface area contributed by atoms with Crippen LogP contribution in [0.4, 0.5) is 0 Å². The van der Waals surface area contributed by atoms with E-state index in [9.17, 15) is 0 Å².